The lowest BCUT2D eigenvalue weighted by molar-refractivity contribution is -0.119. The maximum absolute atomic E-state index is 13.2. The summed E-state index contributed by atoms with van der Waals surface area (Å²) in [7, 11) is 1.55. The molecular formula is C23H19N3O4S. The molecule has 2 aromatic carbocycles. The number of hydrogen-bond acceptors (Lipinski definition) is 6. The smallest absolute Gasteiger partial charge is 0.259 e. The molecule has 0 saturated heterocycles. The SMILES string of the molecule is COc1ccc(C(=O)CNC(=O)CN2C(=O)c3ccccc3Sc3ncccc32)cc1. The van der Waals surface area contributed by atoms with Crippen molar-refractivity contribution in [1.29, 1.82) is 0 Å². The summed E-state index contributed by atoms with van der Waals surface area (Å²) in [6.07, 6.45) is 1.65. The van der Waals surface area contributed by atoms with Crippen molar-refractivity contribution in [2.45, 2.75) is 9.92 Å². The Morgan fingerprint density at radius 2 is 1.84 bits per heavy atom. The maximum atomic E-state index is 13.2. The molecule has 0 radical (unpaired) electrons. The van der Waals surface area contributed by atoms with E-state index in [4.69, 9.17) is 4.74 Å². The summed E-state index contributed by atoms with van der Waals surface area (Å²) in [6.45, 7) is -0.388. The summed E-state index contributed by atoms with van der Waals surface area (Å²) < 4.78 is 5.08. The van der Waals surface area contributed by atoms with Gasteiger partial charge < -0.3 is 10.1 Å². The molecule has 7 nitrogen and oxygen atoms in total. The highest BCUT2D eigenvalue weighted by Crippen LogP contribution is 2.39. The normalized spacial score (nSPS) is 12.4. The molecule has 0 spiro atoms. The molecule has 0 saturated carbocycles. The zero-order chi connectivity index (χ0) is 21.8. The van der Waals surface area contributed by atoms with E-state index in [2.05, 4.69) is 10.3 Å². The van der Waals surface area contributed by atoms with E-state index in [0.29, 0.717) is 27.6 Å². The first-order valence-corrected chi connectivity index (χ1v) is 10.4. The molecule has 1 N–H and O–H groups in total. The highest BCUT2D eigenvalue weighted by molar-refractivity contribution is 7.99. The fraction of sp³-hybridized carbons (Fsp3) is 0.130. The van der Waals surface area contributed by atoms with E-state index in [-0.39, 0.29) is 24.8 Å². The number of nitrogens with one attached hydrogen (secondary N) is 1. The van der Waals surface area contributed by atoms with Crippen LogP contribution in [0.1, 0.15) is 20.7 Å². The molecule has 8 heteroatoms. The summed E-state index contributed by atoms with van der Waals surface area (Å²) in [5.41, 5.74) is 1.53. The predicted octanol–water partition coefficient (Wildman–Crippen LogP) is 3.20. The topological polar surface area (TPSA) is 88.6 Å². The number of carbonyl (C=O) groups is 3. The van der Waals surface area contributed by atoms with E-state index in [1.165, 1.54) is 16.7 Å². The molecule has 1 aliphatic rings. The van der Waals surface area contributed by atoms with Gasteiger partial charge in [0.2, 0.25) is 5.91 Å². The van der Waals surface area contributed by atoms with Crippen LogP contribution in [0.2, 0.25) is 0 Å². The number of ketones is 1. The number of methoxy groups -OCH3 is 1. The Morgan fingerprint density at radius 3 is 2.61 bits per heavy atom. The molecule has 156 valence electrons. The van der Waals surface area contributed by atoms with E-state index in [1.54, 1.807) is 61.8 Å². The van der Waals surface area contributed by atoms with Crippen LogP contribution >= 0.6 is 11.8 Å². The molecule has 2 heterocycles. The number of nitrogens with zero attached hydrogens (tertiary/aromatic N) is 2. The third-order valence-corrected chi connectivity index (χ3v) is 5.85. The molecule has 2 amide bonds. The molecule has 3 aromatic rings. The first kappa shape index (κ1) is 20.6. The van der Waals surface area contributed by atoms with Gasteiger partial charge in [0.25, 0.3) is 5.91 Å². The fourth-order valence-corrected chi connectivity index (χ4v) is 4.19. The van der Waals surface area contributed by atoms with Crippen LogP contribution in [0, 0.1) is 0 Å². The second-order valence-corrected chi connectivity index (χ2v) is 7.78. The minimum atomic E-state index is -0.436. The summed E-state index contributed by atoms with van der Waals surface area (Å²) in [6, 6.07) is 17.4. The largest absolute Gasteiger partial charge is 0.497 e. The lowest BCUT2D eigenvalue weighted by Gasteiger charge is -2.21. The van der Waals surface area contributed by atoms with E-state index in [9.17, 15) is 14.4 Å². The van der Waals surface area contributed by atoms with Crippen molar-refractivity contribution >= 4 is 35.0 Å². The zero-order valence-corrected chi connectivity index (χ0v) is 17.5. The van der Waals surface area contributed by atoms with Gasteiger partial charge in [-0.2, -0.15) is 0 Å². The number of benzene rings is 2. The number of aromatic nitrogens is 1. The number of ether oxygens (including phenoxy) is 1. The van der Waals surface area contributed by atoms with Gasteiger partial charge in [-0.25, -0.2) is 4.98 Å². The zero-order valence-electron chi connectivity index (χ0n) is 16.7. The van der Waals surface area contributed by atoms with Crippen LogP contribution in [-0.4, -0.2) is 42.8 Å². The second-order valence-electron chi connectivity index (χ2n) is 6.75. The number of Topliss-reactive ketones (excluding diaryl/α,β-unsaturated/α-hetero) is 1. The van der Waals surface area contributed by atoms with Gasteiger partial charge in [0.05, 0.1) is 24.9 Å². The highest BCUT2D eigenvalue weighted by atomic mass is 32.2. The average molecular weight is 433 g/mol. The highest BCUT2D eigenvalue weighted by Gasteiger charge is 2.29. The molecule has 0 fully saturated rings. The second kappa shape index (κ2) is 9.01. The molecule has 0 unspecified atom stereocenters. The Bertz CT molecular complexity index is 1150. The number of rotatable bonds is 6. The molecule has 1 aromatic heterocycles. The van der Waals surface area contributed by atoms with Gasteiger partial charge in [0.15, 0.2) is 5.78 Å². The fourth-order valence-electron chi connectivity index (χ4n) is 3.17. The van der Waals surface area contributed by atoms with Crippen LogP contribution in [0.3, 0.4) is 0 Å². The Hall–Kier alpha value is -3.65. The maximum Gasteiger partial charge on any atom is 0.259 e. The first-order chi connectivity index (χ1) is 15.1. The molecule has 0 aliphatic carbocycles. The summed E-state index contributed by atoms with van der Waals surface area (Å²) in [5, 5.41) is 3.25. The predicted molar refractivity (Wildman–Crippen MR) is 117 cm³/mol. The number of pyridine rings is 1. The first-order valence-electron chi connectivity index (χ1n) is 9.54. The van der Waals surface area contributed by atoms with Crippen molar-refractivity contribution in [3.05, 3.63) is 78.0 Å². The quantitative estimate of drug-likeness (QED) is 0.601. The molecular weight excluding hydrogens is 414 g/mol. The molecule has 0 bridgehead atoms. The van der Waals surface area contributed by atoms with Crippen molar-refractivity contribution in [2.75, 3.05) is 25.1 Å². The number of fused-ring (bicyclic) bond motifs is 2. The Kier molecular flexibility index (Phi) is 5.99. The number of amides is 2. The standard InChI is InChI=1S/C23H19N3O4S/c1-30-16-10-8-15(9-11-16)19(27)13-25-21(28)14-26-18-6-4-12-24-22(18)31-20-7-3-2-5-17(20)23(26)29/h2-12H,13-14H2,1H3,(H,25,28). The van der Waals surface area contributed by atoms with Gasteiger partial charge in [-0.05, 0) is 48.5 Å². The lowest BCUT2D eigenvalue weighted by atomic mass is 10.1. The van der Waals surface area contributed by atoms with Gasteiger partial charge in [-0.3, -0.25) is 19.3 Å². The van der Waals surface area contributed by atoms with Gasteiger partial charge in [0.1, 0.15) is 17.3 Å². The minimum absolute atomic E-state index is 0.168. The van der Waals surface area contributed by atoms with Crippen LogP contribution in [-0.2, 0) is 4.79 Å². The van der Waals surface area contributed by atoms with Gasteiger partial charge >= 0.3 is 0 Å². The van der Waals surface area contributed by atoms with Crippen molar-refractivity contribution in [1.82, 2.24) is 10.3 Å². The van der Waals surface area contributed by atoms with E-state index < -0.39 is 5.91 Å². The van der Waals surface area contributed by atoms with Crippen LogP contribution in [0.4, 0.5) is 5.69 Å². The number of anilines is 1. The average Bonchev–Trinajstić information content (AvgIpc) is 2.92. The van der Waals surface area contributed by atoms with Crippen LogP contribution in [0.15, 0.2) is 76.8 Å². The summed E-state index contributed by atoms with van der Waals surface area (Å²) in [4.78, 5) is 44.7. The van der Waals surface area contributed by atoms with Gasteiger partial charge in [-0.15, -0.1) is 0 Å². The van der Waals surface area contributed by atoms with E-state index in [0.717, 1.165) is 4.90 Å². The molecule has 4 rings (SSSR count). The van der Waals surface area contributed by atoms with Crippen molar-refractivity contribution < 1.29 is 19.1 Å². The Labute approximate surface area is 183 Å². The van der Waals surface area contributed by atoms with Crippen molar-refractivity contribution in [3.8, 4) is 5.75 Å². The Balaban J connectivity index is 1.49. The van der Waals surface area contributed by atoms with Gasteiger partial charge in [0, 0.05) is 16.7 Å². The van der Waals surface area contributed by atoms with Crippen LogP contribution in [0.25, 0.3) is 0 Å². The molecule has 1 aliphatic heterocycles. The Morgan fingerprint density at radius 1 is 1.06 bits per heavy atom. The van der Waals surface area contributed by atoms with Crippen molar-refractivity contribution in [3.63, 3.8) is 0 Å². The van der Waals surface area contributed by atoms with Crippen LogP contribution in [0.5, 0.6) is 5.75 Å². The third-order valence-electron chi connectivity index (χ3n) is 4.77. The van der Waals surface area contributed by atoms with Crippen LogP contribution < -0.4 is 15.0 Å². The van der Waals surface area contributed by atoms with E-state index in [1.807, 2.05) is 12.1 Å². The third kappa shape index (κ3) is 4.44. The monoisotopic (exact) mass is 433 g/mol. The van der Waals surface area contributed by atoms with E-state index >= 15 is 0 Å². The minimum Gasteiger partial charge on any atom is -0.497 e. The number of carbonyl (C=O) groups excluding carboxylic acids is 3. The molecule has 31 heavy (non-hydrogen) atoms. The van der Waals surface area contributed by atoms with Crippen molar-refractivity contribution in [2.24, 2.45) is 0 Å². The van der Waals surface area contributed by atoms with Gasteiger partial charge in [-0.1, -0.05) is 23.9 Å². The summed E-state index contributed by atoms with van der Waals surface area (Å²) >= 11 is 1.39. The molecule has 0 atom stereocenters. The number of hydrogen-bond donors (Lipinski definition) is 1. The lowest BCUT2D eigenvalue weighted by Crippen LogP contribution is -2.42. The summed E-state index contributed by atoms with van der Waals surface area (Å²) in [5.74, 6) is -0.312.